The third-order valence-electron chi connectivity index (χ3n) is 3.54. The van der Waals surface area contributed by atoms with Crippen molar-refractivity contribution in [1.29, 1.82) is 0 Å². The van der Waals surface area contributed by atoms with Crippen LogP contribution in [0, 0.1) is 5.92 Å². The number of hydrogen-bond donors (Lipinski definition) is 1. The van der Waals surface area contributed by atoms with Gasteiger partial charge in [-0.05, 0) is 26.2 Å². The second kappa shape index (κ2) is 3.89. The van der Waals surface area contributed by atoms with Gasteiger partial charge in [-0.15, -0.1) is 0 Å². The van der Waals surface area contributed by atoms with Gasteiger partial charge in [0.25, 0.3) is 0 Å². The van der Waals surface area contributed by atoms with Crippen LogP contribution in [0.4, 0.5) is 0 Å². The lowest BCUT2D eigenvalue weighted by Crippen LogP contribution is -2.35. The van der Waals surface area contributed by atoms with Crippen LogP contribution in [0.25, 0.3) is 0 Å². The number of esters is 1. The van der Waals surface area contributed by atoms with Crippen LogP contribution in [-0.2, 0) is 9.53 Å². The molecule has 1 unspecified atom stereocenters. The zero-order valence-electron chi connectivity index (χ0n) is 8.84. The summed E-state index contributed by atoms with van der Waals surface area (Å²) in [5.41, 5.74) is 0.289. The predicted molar refractivity (Wildman–Crippen MR) is 53.9 cm³/mol. The standard InChI is InChI=1S/C11H19NO2/c1-2-14-10(13)9-7-11(12-8-9)5-3-4-6-11/h9,12H,2-8H2,1H3. The normalized spacial score (nSPS) is 29.6. The van der Waals surface area contributed by atoms with Crippen molar-refractivity contribution in [1.82, 2.24) is 5.32 Å². The van der Waals surface area contributed by atoms with Gasteiger partial charge in [-0.3, -0.25) is 4.79 Å². The highest BCUT2D eigenvalue weighted by Gasteiger charge is 2.43. The summed E-state index contributed by atoms with van der Waals surface area (Å²) in [7, 11) is 0. The molecule has 14 heavy (non-hydrogen) atoms. The summed E-state index contributed by atoms with van der Waals surface area (Å²) in [5, 5.41) is 3.52. The summed E-state index contributed by atoms with van der Waals surface area (Å²) in [5.74, 6) is 0.0943. The van der Waals surface area contributed by atoms with Crippen LogP contribution in [0.2, 0.25) is 0 Å². The van der Waals surface area contributed by atoms with Gasteiger partial charge in [0.2, 0.25) is 0 Å². The van der Waals surface area contributed by atoms with Crippen molar-refractivity contribution in [3.8, 4) is 0 Å². The molecule has 0 amide bonds. The summed E-state index contributed by atoms with van der Waals surface area (Å²) in [6.45, 7) is 3.19. The van der Waals surface area contributed by atoms with Crippen molar-refractivity contribution in [2.75, 3.05) is 13.2 Å². The van der Waals surface area contributed by atoms with Gasteiger partial charge >= 0.3 is 5.97 Å². The van der Waals surface area contributed by atoms with Crippen LogP contribution in [0.5, 0.6) is 0 Å². The molecule has 1 aliphatic heterocycles. The second-order valence-electron chi connectivity index (χ2n) is 4.52. The first kappa shape index (κ1) is 9.97. The molecular weight excluding hydrogens is 178 g/mol. The van der Waals surface area contributed by atoms with E-state index in [9.17, 15) is 4.79 Å². The Morgan fingerprint density at radius 1 is 1.50 bits per heavy atom. The van der Waals surface area contributed by atoms with Gasteiger partial charge in [0.15, 0.2) is 0 Å². The van der Waals surface area contributed by atoms with Gasteiger partial charge in [-0.1, -0.05) is 12.8 Å². The molecule has 0 aromatic heterocycles. The highest BCUT2D eigenvalue weighted by Crippen LogP contribution is 2.38. The highest BCUT2D eigenvalue weighted by molar-refractivity contribution is 5.73. The number of carbonyl (C=O) groups is 1. The Bertz CT molecular complexity index is 221. The van der Waals surface area contributed by atoms with Crippen LogP contribution in [0.1, 0.15) is 39.0 Å². The Morgan fingerprint density at radius 3 is 2.86 bits per heavy atom. The van der Waals surface area contributed by atoms with Crippen LogP contribution >= 0.6 is 0 Å². The van der Waals surface area contributed by atoms with Crippen molar-refractivity contribution in [3.63, 3.8) is 0 Å². The van der Waals surface area contributed by atoms with E-state index in [0.717, 1.165) is 13.0 Å². The maximum atomic E-state index is 11.5. The number of ether oxygens (including phenoxy) is 1. The molecule has 1 saturated carbocycles. The lowest BCUT2D eigenvalue weighted by atomic mass is 9.91. The minimum atomic E-state index is -0.0104. The molecule has 0 aromatic rings. The number of nitrogens with one attached hydrogen (secondary N) is 1. The second-order valence-corrected chi connectivity index (χ2v) is 4.52. The molecule has 3 heteroatoms. The minimum absolute atomic E-state index is 0.0104. The first-order chi connectivity index (χ1) is 6.76. The fourth-order valence-electron chi connectivity index (χ4n) is 2.82. The zero-order chi connectivity index (χ0) is 10.0. The number of rotatable bonds is 2. The van der Waals surface area contributed by atoms with Gasteiger partial charge < -0.3 is 10.1 Å². The van der Waals surface area contributed by atoms with Gasteiger partial charge in [-0.25, -0.2) is 0 Å². The van der Waals surface area contributed by atoms with Crippen molar-refractivity contribution in [3.05, 3.63) is 0 Å². The maximum Gasteiger partial charge on any atom is 0.310 e. The van der Waals surface area contributed by atoms with Gasteiger partial charge in [-0.2, -0.15) is 0 Å². The van der Waals surface area contributed by atoms with Crippen molar-refractivity contribution in [2.45, 2.75) is 44.6 Å². The van der Waals surface area contributed by atoms with E-state index in [1.165, 1.54) is 25.7 Å². The van der Waals surface area contributed by atoms with Gasteiger partial charge in [0, 0.05) is 12.1 Å². The molecule has 1 saturated heterocycles. The molecular formula is C11H19NO2. The SMILES string of the molecule is CCOC(=O)C1CNC2(CCCC2)C1. The first-order valence-electron chi connectivity index (χ1n) is 5.67. The lowest BCUT2D eigenvalue weighted by molar-refractivity contribution is -0.147. The molecule has 2 rings (SSSR count). The Morgan fingerprint density at radius 2 is 2.21 bits per heavy atom. The topological polar surface area (TPSA) is 38.3 Å². The lowest BCUT2D eigenvalue weighted by Gasteiger charge is -2.22. The van der Waals surface area contributed by atoms with Gasteiger partial charge in [0.05, 0.1) is 12.5 Å². The molecule has 2 aliphatic rings. The van der Waals surface area contributed by atoms with E-state index < -0.39 is 0 Å². The molecule has 80 valence electrons. The monoisotopic (exact) mass is 197 g/mol. The average molecular weight is 197 g/mol. The first-order valence-corrected chi connectivity index (χ1v) is 5.67. The van der Waals surface area contributed by atoms with E-state index in [-0.39, 0.29) is 17.4 Å². The summed E-state index contributed by atoms with van der Waals surface area (Å²) < 4.78 is 5.05. The smallest absolute Gasteiger partial charge is 0.310 e. The molecule has 0 aromatic carbocycles. The van der Waals surface area contributed by atoms with Crippen LogP contribution in [-0.4, -0.2) is 24.7 Å². The fourth-order valence-corrected chi connectivity index (χ4v) is 2.82. The van der Waals surface area contributed by atoms with E-state index in [1.807, 2.05) is 6.92 Å². The highest BCUT2D eigenvalue weighted by atomic mass is 16.5. The van der Waals surface area contributed by atoms with E-state index in [0.29, 0.717) is 6.61 Å². The Labute approximate surface area is 85.2 Å². The third-order valence-corrected chi connectivity index (χ3v) is 3.54. The van der Waals surface area contributed by atoms with Crippen LogP contribution in [0.15, 0.2) is 0 Å². The fraction of sp³-hybridized carbons (Fsp3) is 0.909. The minimum Gasteiger partial charge on any atom is -0.466 e. The van der Waals surface area contributed by atoms with Crippen molar-refractivity contribution < 1.29 is 9.53 Å². The van der Waals surface area contributed by atoms with Gasteiger partial charge in [0.1, 0.15) is 0 Å². The molecule has 0 radical (unpaired) electrons. The summed E-state index contributed by atoms with van der Waals surface area (Å²) in [6, 6.07) is 0. The molecule has 0 bridgehead atoms. The van der Waals surface area contributed by atoms with Crippen molar-refractivity contribution in [2.24, 2.45) is 5.92 Å². The largest absolute Gasteiger partial charge is 0.466 e. The maximum absolute atomic E-state index is 11.5. The summed E-state index contributed by atoms with van der Waals surface area (Å²) in [4.78, 5) is 11.5. The van der Waals surface area contributed by atoms with E-state index in [4.69, 9.17) is 4.74 Å². The zero-order valence-corrected chi connectivity index (χ0v) is 8.84. The molecule has 1 atom stereocenters. The Kier molecular flexibility index (Phi) is 2.77. The number of hydrogen-bond acceptors (Lipinski definition) is 3. The van der Waals surface area contributed by atoms with Crippen LogP contribution in [0.3, 0.4) is 0 Å². The molecule has 1 aliphatic carbocycles. The average Bonchev–Trinajstić information content (AvgIpc) is 2.78. The molecule has 1 spiro atoms. The van der Waals surface area contributed by atoms with E-state index >= 15 is 0 Å². The molecule has 1 heterocycles. The molecule has 3 nitrogen and oxygen atoms in total. The Hall–Kier alpha value is -0.570. The van der Waals surface area contributed by atoms with E-state index in [1.54, 1.807) is 0 Å². The predicted octanol–water partition coefficient (Wildman–Crippen LogP) is 1.47. The summed E-state index contributed by atoms with van der Waals surface area (Å²) in [6.07, 6.45) is 6.09. The van der Waals surface area contributed by atoms with E-state index in [2.05, 4.69) is 5.32 Å². The number of carbonyl (C=O) groups excluding carboxylic acids is 1. The van der Waals surface area contributed by atoms with Crippen molar-refractivity contribution >= 4 is 5.97 Å². The van der Waals surface area contributed by atoms with Crippen LogP contribution < -0.4 is 5.32 Å². The summed E-state index contributed by atoms with van der Waals surface area (Å²) >= 11 is 0. The quantitative estimate of drug-likeness (QED) is 0.681. The Balaban J connectivity index is 1.90. The molecule has 1 N–H and O–H groups in total. The third kappa shape index (κ3) is 1.78. The molecule has 2 fully saturated rings.